The Hall–Kier alpha value is -4.75. The molecule has 1 atom stereocenters. The van der Waals surface area contributed by atoms with E-state index in [0.29, 0.717) is 57.9 Å². The topological polar surface area (TPSA) is 136 Å². The van der Waals surface area contributed by atoms with E-state index in [2.05, 4.69) is 34.1 Å². The summed E-state index contributed by atoms with van der Waals surface area (Å²) in [5.74, 6) is -0.230. The number of hydrogen-bond acceptors (Lipinski definition) is 8. The number of aromatic nitrogens is 3. The molecule has 3 saturated heterocycles. The Bertz CT molecular complexity index is 2120. The highest BCUT2D eigenvalue weighted by Gasteiger charge is 2.34. The first-order valence-electron chi connectivity index (χ1n) is 22.7. The maximum absolute atomic E-state index is 14.4. The number of unbranched alkanes of at least 4 members (excludes halogenated alkanes) is 6. The average Bonchev–Trinajstić information content (AvgIpc) is 3.69. The highest BCUT2D eigenvalue weighted by Crippen LogP contribution is 2.28. The molecule has 7 rings (SSSR count). The van der Waals surface area contributed by atoms with E-state index < -0.39 is 6.04 Å². The Morgan fingerprint density at radius 1 is 0.850 bits per heavy atom. The smallest absolute Gasteiger partial charge is 0.318 e. The number of piperazine rings is 1. The number of H-pyrrole nitrogens is 1. The fraction of sp³-hybridized carbons (Fsp3) is 0.596. The minimum absolute atomic E-state index is 0.0462. The number of carbonyl (C=O) groups excluding carboxylic acids is 3. The zero-order chi connectivity index (χ0) is 42.0. The number of carbonyl (C=O) groups is 3. The lowest BCUT2D eigenvalue weighted by Gasteiger charge is -2.43. The second-order valence-corrected chi connectivity index (χ2v) is 17.5. The molecule has 0 spiro atoms. The van der Waals surface area contributed by atoms with Crippen LogP contribution in [0.5, 0.6) is 0 Å². The summed E-state index contributed by atoms with van der Waals surface area (Å²) in [7, 11) is 2.18. The van der Waals surface area contributed by atoms with Gasteiger partial charge in [0.25, 0.3) is 5.56 Å². The molecule has 3 fully saturated rings. The Labute approximate surface area is 354 Å². The van der Waals surface area contributed by atoms with E-state index >= 15 is 0 Å². The van der Waals surface area contributed by atoms with Crippen molar-refractivity contribution in [1.82, 2.24) is 39.7 Å². The van der Waals surface area contributed by atoms with Crippen molar-refractivity contribution in [3.05, 3.63) is 75.7 Å². The number of benzene rings is 2. The van der Waals surface area contributed by atoms with Gasteiger partial charge in [-0.3, -0.25) is 19.3 Å². The monoisotopic (exact) mass is 823 g/mol. The van der Waals surface area contributed by atoms with Gasteiger partial charge in [0, 0.05) is 80.8 Å². The molecule has 0 radical (unpaired) electrons. The number of nitrogens with one attached hydrogen (secondary N) is 2. The number of ether oxygens (including phenoxy) is 1. The van der Waals surface area contributed by atoms with E-state index in [0.717, 1.165) is 96.8 Å². The molecule has 5 heterocycles. The molecule has 0 aliphatic carbocycles. The summed E-state index contributed by atoms with van der Waals surface area (Å²) in [6.45, 7) is 10.4. The maximum atomic E-state index is 14.4. The van der Waals surface area contributed by atoms with Gasteiger partial charge in [-0.25, -0.2) is 9.48 Å². The van der Waals surface area contributed by atoms with Crippen LogP contribution in [0, 0.1) is 6.92 Å². The number of nitrogens with zero attached hydrogens (tertiary/aromatic N) is 6. The molecule has 324 valence electrons. The van der Waals surface area contributed by atoms with Crippen LogP contribution < -0.4 is 10.9 Å². The van der Waals surface area contributed by atoms with Gasteiger partial charge in [-0.15, -0.1) is 0 Å². The minimum Gasteiger partial charge on any atom is -0.442 e. The van der Waals surface area contributed by atoms with Crippen LogP contribution in [-0.2, 0) is 27.5 Å². The molecule has 13 heteroatoms. The third kappa shape index (κ3) is 11.1. The number of esters is 1. The predicted octanol–water partition coefficient (Wildman–Crippen LogP) is 6.57. The van der Waals surface area contributed by atoms with Gasteiger partial charge < -0.3 is 29.7 Å². The van der Waals surface area contributed by atoms with Crippen molar-refractivity contribution in [2.75, 3.05) is 59.4 Å². The van der Waals surface area contributed by atoms with Gasteiger partial charge in [-0.05, 0) is 99.8 Å². The summed E-state index contributed by atoms with van der Waals surface area (Å²) in [6.07, 6.45) is 14.3. The van der Waals surface area contributed by atoms with Crippen molar-refractivity contribution >= 4 is 39.7 Å². The van der Waals surface area contributed by atoms with Crippen molar-refractivity contribution in [3.63, 3.8) is 0 Å². The van der Waals surface area contributed by atoms with Crippen LogP contribution in [0.4, 0.5) is 4.79 Å². The fourth-order valence-corrected chi connectivity index (χ4v) is 9.48. The average molecular weight is 823 g/mol. The van der Waals surface area contributed by atoms with Crippen molar-refractivity contribution in [3.8, 4) is 0 Å². The van der Waals surface area contributed by atoms with Crippen LogP contribution in [0.25, 0.3) is 21.8 Å². The number of likely N-dealkylation sites (tertiary alicyclic amines) is 2. The normalized spacial score (nSPS) is 18.0. The molecule has 1 unspecified atom stereocenters. The summed E-state index contributed by atoms with van der Waals surface area (Å²) < 4.78 is 7.24. The first kappa shape index (κ1) is 43.3. The van der Waals surface area contributed by atoms with E-state index in [4.69, 9.17) is 9.84 Å². The molecule has 2 N–H and O–H groups in total. The van der Waals surface area contributed by atoms with E-state index in [1.165, 1.54) is 25.7 Å². The maximum Gasteiger partial charge on any atom is 0.318 e. The lowest BCUT2D eigenvalue weighted by Crippen LogP contribution is -2.59. The van der Waals surface area contributed by atoms with Crippen LogP contribution >= 0.6 is 0 Å². The molecule has 2 aromatic carbocycles. The first-order valence-corrected chi connectivity index (χ1v) is 22.7. The number of urea groups is 1. The predicted molar refractivity (Wildman–Crippen MR) is 236 cm³/mol. The molecular formula is C47H66N8O5. The lowest BCUT2D eigenvalue weighted by atomic mass is 9.89. The van der Waals surface area contributed by atoms with Crippen LogP contribution in [0.3, 0.4) is 0 Å². The van der Waals surface area contributed by atoms with E-state index in [9.17, 15) is 19.2 Å². The largest absolute Gasteiger partial charge is 0.442 e. The van der Waals surface area contributed by atoms with E-state index in [-0.39, 0.29) is 36.1 Å². The standard InChI is InChI=1S/C47H66N8O5/c1-4-5-6-7-8-9-10-15-43(56)60-33-55-32-38-29-35(28-34(2)44(38)50-55)30-42(46(58)53-26-24-52(25-27-53)39-18-20-51(3)21-19-39)49-47(59)54-22-16-36(17-23-54)40-31-37-13-11-12-14-41(37)48-45(40)57/h11-14,28-29,31-32,36,39,42H,4-10,15-27,30,33H2,1-3H3,(H,48,57)(H,49,59). The number of fused-ring (bicyclic) bond motifs is 2. The zero-order valence-corrected chi connectivity index (χ0v) is 36.1. The van der Waals surface area contributed by atoms with Crippen molar-refractivity contribution in [2.24, 2.45) is 0 Å². The third-order valence-electron chi connectivity index (χ3n) is 13.1. The molecule has 2 aromatic heterocycles. The molecule has 0 bridgehead atoms. The Balaban J connectivity index is 0.995. The molecule has 3 aliphatic rings. The van der Waals surface area contributed by atoms with Gasteiger partial charge in [0.15, 0.2) is 6.73 Å². The second kappa shape index (κ2) is 20.7. The van der Waals surface area contributed by atoms with Crippen LogP contribution in [-0.4, -0.2) is 124 Å². The van der Waals surface area contributed by atoms with Gasteiger partial charge in [0.2, 0.25) is 5.91 Å². The number of hydrogen-bond donors (Lipinski definition) is 2. The van der Waals surface area contributed by atoms with Gasteiger partial charge in [-0.1, -0.05) is 69.7 Å². The number of pyridine rings is 1. The fourth-order valence-electron chi connectivity index (χ4n) is 9.48. The summed E-state index contributed by atoms with van der Waals surface area (Å²) in [4.78, 5) is 65.7. The Morgan fingerprint density at radius 3 is 2.32 bits per heavy atom. The van der Waals surface area contributed by atoms with E-state index in [1.54, 1.807) is 9.58 Å². The van der Waals surface area contributed by atoms with Crippen molar-refractivity contribution in [1.29, 1.82) is 0 Å². The third-order valence-corrected chi connectivity index (χ3v) is 13.1. The molecule has 3 amide bonds. The Morgan fingerprint density at radius 2 is 1.57 bits per heavy atom. The minimum atomic E-state index is -0.757. The first-order chi connectivity index (χ1) is 29.1. The highest BCUT2D eigenvalue weighted by atomic mass is 16.5. The number of aromatic amines is 1. The molecule has 0 saturated carbocycles. The quantitative estimate of drug-likeness (QED) is 0.0958. The molecule has 60 heavy (non-hydrogen) atoms. The number of amides is 3. The summed E-state index contributed by atoms with van der Waals surface area (Å²) >= 11 is 0. The van der Waals surface area contributed by atoms with E-state index in [1.807, 2.05) is 60.5 Å². The number of rotatable bonds is 16. The van der Waals surface area contributed by atoms with Crippen molar-refractivity contribution < 1.29 is 19.1 Å². The SMILES string of the molecule is CCCCCCCCCC(=O)OCn1cc2cc(CC(NC(=O)N3CCC(c4cc5ccccc5[nH]c4=O)CC3)C(=O)N3CCN(C4CCN(C)CC4)CC3)cc(C)c2n1. The summed E-state index contributed by atoms with van der Waals surface area (Å²) in [5.41, 5.74) is 4.19. The summed E-state index contributed by atoms with van der Waals surface area (Å²) in [6, 6.07) is 13.4. The summed E-state index contributed by atoms with van der Waals surface area (Å²) in [5, 5.41) is 9.78. The molecular weight excluding hydrogens is 757 g/mol. The number of aryl methyl sites for hydroxylation is 1. The number of piperidine rings is 2. The Kier molecular flexibility index (Phi) is 14.9. The van der Waals surface area contributed by atoms with Crippen LogP contribution in [0.15, 0.2) is 53.5 Å². The molecule has 3 aliphatic heterocycles. The van der Waals surface area contributed by atoms with Crippen molar-refractivity contribution in [2.45, 2.75) is 122 Å². The van der Waals surface area contributed by atoms with Gasteiger partial charge in [-0.2, -0.15) is 5.10 Å². The second-order valence-electron chi connectivity index (χ2n) is 17.5. The van der Waals surface area contributed by atoms with Gasteiger partial charge in [0.1, 0.15) is 6.04 Å². The molecule has 4 aromatic rings. The lowest BCUT2D eigenvalue weighted by molar-refractivity contribution is -0.148. The van der Waals surface area contributed by atoms with Gasteiger partial charge >= 0.3 is 12.0 Å². The molecule has 13 nitrogen and oxygen atoms in total. The number of para-hydroxylation sites is 1. The zero-order valence-electron chi connectivity index (χ0n) is 36.1. The van der Waals surface area contributed by atoms with Crippen LogP contribution in [0.2, 0.25) is 0 Å². The highest BCUT2D eigenvalue weighted by molar-refractivity contribution is 5.88. The van der Waals surface area contributed by atoms with Gasteiger partial charge in [0.05, 0.1) is 5.52 Å². The van der Waals surface area contributed by atoms with Crippen LogP contribution in [0.1, 0.15) is 107 Å².